The molecule has 0 radical (unpaired) electrons. The predicted molar refractivity (Wildman–Crippen MR) is 212 cm³/mol. The summed E-state index contributed by atoms with van der Waals surface area (Å²) in [4.78, 5) is 106. The zero-order valence-corrected chi connectivity index (χ0v) is 35.5. The molecule has 0 aliphatic carbocycles. The lowest BCUT2D eigenvalue weighted by molar-refractivity contribution is -0.154. The molecule has 1 aliphatic heterocycles. The molecule has 62 heavy (non-hydrogen) atoms. The molecule has 1 aliphatic rings. The Morgan fingerprint density at radius 2 is 1.47 bits per heavy atom. The Labute approximate surface area is 354 Å². The highest BCUT2D eigenvalue weighted by atomic mass is 19.2. The SMILES string of the molecule is CC(C)[C@@H](NC(=O)[C@@H](CC(=O)O)NC(=O)C(=O)Nc1ccccc1C(C)(C)C)C(=O)N1CC[C@@H](CC(C)(C)C)C1C(=O)NN(CC(=O)O)C(=O)COc1c(F)c(F)cc(F)c1F. The zero-order valence-electron chi connectivity index (χ0n) is 35.5. The Morgan fingerprint density at radius 1 is 0.871 bits per heavy atom. The summed E-state index contributed by atoms with van der Waals surface area (Å²) >= 11 is 0. The van der Waals surface area contributed by atoms with Gasteiger partial charge in [-0.2, -0.15) is 8.78 Å². The number of nitrogens with zero attached hydrogens (tertiary/aromatic N) is 2. The number of hydrazine groups is 1. The summed E-state index contributed by atoms with van der Waals surface area (Å²) in [7, 11) is 0. The number of carbonyl (C=O) groups excluding carboxylic acids is 6. The van der Waals surface area contributed by atoms with Gasteiger partial charge in [-0.3, -0.25) is 43.8 Å². The molecule has 0 aromatic heterocycles. The van der Waals surface area contributed by atoms with E-state index in [1.807, 2.05) is 41.5 Å². The van der Waals surface area contributed by atoms with Gasteiger partial charge in [-0.1, -0.05) is 73.6 Å². The average molecular weight is 881 g/mol. The van der Waals surface area contributed by atoms with Gasteiger partial charge in [0.05, 0.1) is 6.42 Å². The van der Waals surface area contributed by atoms with Crippen LogP contribution in [0.3, 0.4) is 0 Å². The Hall–Kier alpha value is -6.28. The van der Waals surface area contributed by atoms with Crippen LogP contribution in [0.4, 0.5) is 23.2 Å². The van der Waals surface area contributed by atoms with E-state index in [1.54, 1.807) is 24.3 Å². The molecule has 0 bridgehead atoms. The monoisotopic (exact) mass is 880 g/mol. The first kappa shape index (κ1) is 50.1. The van der Waals surface area contributed by atoms with E-state index in [4.69, 9.17) is 0 Å². The highest BCUT2D eigenvalue weighted by Crippen LogP contribution is 2.36. The van der Waals surface area contributed by atoms with Crippen molar-refractivity contribution in [3.8, 4) is 5.75 Å². The van der Waals surface area contributed by atoms with Crippen LogP contribution in [0.1, 0.15) is 80.2 Å². The summed E-state index contributed by atoms with van der Waals surface area (Å²) in [6, 6.07) is 1.78. The highest BCUT2D eigenvalue weighted by molar-refractivity contribution is 6.40. The quantitative estimate of drug-likeness (QED) is 0.0657. The number of nitrogens with one attached hydrogen (secondary N) is 4. The predicted octanol–water partition coefficient (Wildman–Crippen LogP) is 3.26. The number of benzene rings is 2. The molecule has 6 N–H and O–H groups in total. The van der Waals surface area contributed by atoms with E-state index >= 15 is 0 Å². The molecule has 2 aromatic rings. The van der Waals surface area contributed by atoms with Crippen LogP contribution >= 0.6 is 0 Å². The third-order valence-electron chi connectivity index (χ3n) is 9.62. The van der Waals surface area contributed by atoms with E-state index in [9.17, 15) is 66.1 Å². The molecule has 1 saturated heterocycles. The van der Waals surface area contributed by atoms with Crippen molar-refractivity contribution >= 4 is 53.1 Å². The number of likely N-dealkylation sites (tertiary alicyclic amines) is 1. The summed E-state index contributed by atoms with van der Waals surface area (Å²) in [6.07, 6.45) is -0.512. The van der Waals surface area contributed by atoms with Crippen LogP contribution in [0.2, 0.25) is 0 Å². The Kier molecular flexibility index (Phi) is 16.6. The third-order valence-corrected chi connectivity index (χ3v) is 9.62. The fourth-order valence-corrected chi connectivity index (χ4v) is 6.85. The standard InChI is InChI=1S/C41H52F4N6O11/c1-20(2)32(48-35(57)26(16-28(53)54)47-38(60)37(59)46-25-12-10-9-11-22(25)41(6,7)8)39(61)50-14-13-21(17-40(3,4)5)33(50)36(58)49-51(18-29(55)56)27(52)19-62-34-30(44)23(42)15-24(43)31(34)45/h9-12,15,20-21,26,32-33H,13-14,16-19H2,1-8H3,(H,46,59)(H,47,60)(H,48,57)(H,49,58)(H,53,54)(H,55,56)/t21-,26+,32+,33?/m0/s1. The molecule has 1 heterocycles. The number of carboxylic acids is 2. The number of hydrogen-bond donors (Lipinski definition) is 6. The molecule has 0 saturated carbocycles. The van der Waals surface area contributed by atoms with E-state index in [2.05, 4.69) is 26.1 Å². The molecule has 340 valence electrons. The van der Waals surface area contributed by atoms with Crippen molar-refractivity contribution in [3.05, 3.63) is 59.2 Å². The van der Waals surface area contributed by atoms with Gasteiger partial charge in [-0.25, -0.2) is 13.8 Å². The Bertz CT molecular complexity index is 2040. The largest absolute Gasteiger partial charge is 0.481 e. The van der Waals surface area contributed by atoms with Gasteiger partial charge in [0.2, 0.25) is 23.4 Å². The van der Waals surface area contributed by atoms with Crippen molar-refractivity contribution < 1.29 is 70.9 Å². The van der Waals surface area contributed by atoms with E-state index in [0.717, 1.165) is 4.90 Å². The van der Waals surface area contributed by atoms with Crippen molar-refractivity contribution in [1.82, 2.24) is 26.0 Å². The van der Waals surface area contributed by atoms with Gasteiger partial charge in [-0.15, -0.1) is 0 Å². The molecule has 1 fully saturated rings. The van der Waals surface area contributed by atoms with Gasteiger partial charge >= 0.3 is 23.8 Å². The molecular weight excluding hydrogens is 828 g/mol. The Balaban J connectivity index is 1.88. The molecule has 6 amide bonds. The van der Waals surface area contributed by atoms with Crippen LogP contribution in [0.25, 0.3) is 0 Å². The van der Waals surface area contributed by atoms with E-state index in [0.29, 0.717) is 17.7 Å². The van der Waals surface area contributed by atoms with Gasteiger partial charge < -0.3 is 35.8 Å². The average Bonchev–Trinajstić information content (AvgIpc) is 3.56. The minimum Gasteiger partial charge on any atom is -0.481 e. The van der Waals surface area contributed by atoms with Gasteiger partial charge in [0.25, 0.3) is 11.8 Å². The molecule has 4 atom stereocenters. The number of ether oxygens (including phenoxy) is 1. The van der Waals surface area contributed by atoms with Crippen molar-refractivity contribution in [2.24, 2.45) is 17.3 Å². The lowest BCUT2D eigenvalue weighted by atomic mass is 9.81. The number of aliphatic carboxylic acids is 2. The normalized spacial score (nSPS) is 16.2. The number of para-hydroxylation sites is 1. The number of anilines is 1. The second kappa shape index (κ2) is 20.5. The summed E-state index contributed by atoms with van der Waals surface area (Å²) in [5.74, 6) is -21.0. The van der Waals surface area contributed by atoms with Gasteiger partial charge in [0, 0.05) is 18.3 Å². The number of hydrogen-bond acceptors (Lipinski definition) is 9. The first-order valence-electron chi connectivity index (χ1n) is 19.4. The molecule has 0 spiro atoms. The minimum absolute atomic E-state index is 0.0953. The zero-order chi connectivity index (χ0) is 47.0. The summed E-state index contributed by atoms with van der Waals surface area (Å²) < 4.78 is 60.5. The second-order valence-electron chi connectivity index (χ2n) is 17.3. The highest BCUT2D eigenvalue weighted by Gasteiger charge is 2.46. The number of carboxylic acid groups (broad SMARTS) is 2. The summed E-state index contributed by atoms with van der Waals surface area (Å²) in [5, 5.41) is 26.3. The summed E-state index contributed by atoms with van der Waals surface area (Å²) in [5.41, 5.74) is 2.17. The van der Waals surface area contributed by atoms with Crippen LogP contribution in [0, 0.1) is 40.5 Å². The van der Waals surface area contributed by atoms with Gasteiger partial charge in [0.1, 0.15) is 24.7 Å². The smallest absolute Gasteiger partial charge is 0.325 e. The van der Waals surface area contributed by atoms with Gasteiger partial charge in [0.15, 0.2) is 24.0 Å². The first-order valence-corrected chi connectivity index (χ1v) is 19.4. The fraction of sp³-hybridized carbons (Fsp3) is 0.512. The number of carbonyl (C=O) groups is 8. The summed E-state index contributed by atoms with van der Waals surface area (Å²) in [6.45, 7) is 11.4. The number of amides is 6. The molecule has 3 rings (SSSR count). The van der Waals surface area contributed by atoms with Crippen molar-refractivity contribution in [2.45, 2.75) is 98.2 Å². The Morgan fingerprint density at radius 3 is 2.00 bits per heavy atom. The van der Waals surface area contributed by atoms with Crippen LogP contribution in [0.15, 0.2) is 30.3 Å². The third kappa shape index (κ3) is 13.4. The molecule has 21 heteroatoms. The second-order valence-corrected chi connectivity index (χ2v) is 17.3. The van der Waals surface area contributed by atoms with Crippen LogP contribution in [-0.2, 0) is 43.8 Å². The maximum absolute atomic E-state index is 14.4. The van der Waals surface area contributed by atoms with Crippen LogP contribution in [0.5, 0.6) is 5.75 Å². The molecular formula is C41H52F4N6O11. The topological polar surface area (TPSA) is 241 Å². The van der Waals surface area contributed by atoms with Crippen LogP contribution in [-0.4, -0.2) is 105 Å². The van der Waals surface area contributed by atoms with Crippen molar-refractivity contribution in [1.29, 1.82) is 0 Å². The van der Waals surface area contributed by atoms with Gasteiger partial charge in [-0.05, 0) is 47.1 Å². The van der Waals surface area contributed by atoms with E-state index in [1.165, 1.54) is 13.8 Å². The lowest BCUT2D eigenvalue weighted by Crippen LogP contribution is -2.61. The number of halogens is 4. The maximum atomic E-state index is 14.4. The van der Waals surface area contributed by atoms with Crippen molar-refractivity contribution in [2.75, 3.05) is 25.0 Å². The van der Waals surface area contributed by atoms with E-state index < -0.39 is 137 Å². The van der Waals surface area contributed by atoms with Crippen molar-refractivity contribution in [3.63, 3.8) is 0 Å². The van der Waals surface area contributed by atoms with Crippen LogP contribution < -0.4 is 26.1 Å². The lowest BCUT2D eigenvalue weighted by Gasteiger charge is -2.35. The van der Waals surface area contributed by atoms with E-state index in [-0.39, 0.29) is 24.0 Å². The first-order chi connectivity index (χ1) is 28.6. The molecule has 1 unspecified atom stereocenters. The number of rotatable bonds is 15. The maximum Gasteiger partial charge on any atom is 0.325 e. The fourth-order valence-electron chi connectivity index (χ4n) is 6.85. The molecule has 2 aromatic carbocycles. The minimum atomic E-state index is -1.98. The molecule has 17 nitrogen and oxygen atoms in total.